The first-order valence-electron chi connectivity index (χ1n) is 6.34. The van der Waals surface area contributed by atoms with Crippen LogP contribution in [0.3, 0.4) is 0 Å². The van der Waals surface area contributed by atoms with Crippen molar-refractivity contribution in [1.29, 1.82) is 0 Å². The molecule has 1 aliphatic heterocycles. The van der Waals surface area contributed by atoms with Crippen molar-refractivity contribution < 1.29 is 9.53 Å². The summed E-state index contributed by atoms with van der Waals surface area (Å²) in [5.41, 5.74) is 7.46. The third-order valence-electron chi connectivity index (χ3n) is 3.29. The Balaban J connectivity index is 1.74. The number of hydrogen-bond acceptors (Lipinski definition) is 3. The number of carbonyl (C=O) groups is 1. The van der Waals surface area contributed by atoms with Crippen LogP contribution in [-0.4, -0.2) is 12.0 Å². The van der Waals surface area contributed by atoms with Crippen LogP contribution >= 0.6 is 23.2 Å². The largest absolute Gasteiger partial charge is 0.480 e. The molecule has 2 aromatic carbocycles. The number of hydrogen-bond donors (Lipinski definition) is 2. The van der Waals surface area contributed by atoms with Gasteiger partial charge >= 0.3 is 0 Å². The van der Waals surface area contributed by atoms with Crippen molar-refractivity contribution in [3.63, 3.8) is 0 Å². The molecule has 0 aromatic heterocycles. The number of carbonyl (C=O) groups excluding carboxylic acids is 1. The van der Waals surface area contributed by atoms with Crippen LogP contribution in [0.15, 0.2) is 36.4 Å². The Morgan fingerprint density at radius 1 is 1.24 bits per heavy atom. The van der Waals surface area contributed by atoms with Gasteiger partial charge in [0.2, 0.25) is 0 Å². The first-order chi connectivity index (χ1) is 10.0. The second-order valence-electron chi connectivity index (χ2n) is 4.76. The van der Waals surface area contributed by atoms with Crippen LogP contribution < -0.4 is 15.8 Å². The van der Waals surface area contributed by atoms with Gasteiger partial charge in [0, 0.05) is 12.1 Å². The van der Waals surface area contributed by atoms with Crippen LogP contribution in [0.5, 0.6) is 5.75 Å². The van der Waals surface area contributed by atoms with Crippen molar-refractivity contribution in [2.75, 3.05) is 11.1 Å². The van der Waals surface area contributed by atoms with Crippen molar-refractivity contribution >= 4 is 40.5 Å². The highest BCUT2D eigenvalue weighted by atomic mass is 35.5. The molecular formula is C15H12Cl2N2O2. The summed E-state index contributed by atoms with van der Waals surface area (Å²) in [6.45, 7) is 0. The highest BCUT2D eigenvalue weighted by Crippen LogP contribution is 2.32. The molecule has 1 aliphatic rings. The van der Waals surface area contributed by atoms with Crippen LogP contribution in [0, 0.1) is 0 Å². The van der Waals surface area contributed by atoms with Crippen molar-refractivity contribution in [2.24, 2.45) is 0 Å². The lowest BCUT2D eigenvalue weighted by atomic mass is 10.1. The van der Waals surface area contributed by atoms with E-state index >= 15 is 0 Å². The number of nitrogen functional groups attached to an aromatic ring is 1. The average Bonchev–Trinajstić information content (AvgIpc) is 2.88. The molecule has 1 heterocycles. The summed E-state index contributed by atoms with van der Waals surface area (Å²) < 4.78 is 5.62. The maximum absolute atomic E-state index is 12.2. The number of benzene rings is 2. The van der Waals surface area contributed by atoms with Gasteiger partial charge in [-0.05, 0) is 23.8 Å². The van der Waals surface area contributed by atoms with Crippen LogP contribution in [0.4, 0.5) is 11.4 Å². The molecule has 0 aliphatic carbocycles. The number of anilines is 2. The molecule has 2 aromatic rings. The van der Waals surface area contributed by atoms with Gasteiger partial charge in [-0.25, -0.2) is 0 Å². The van der Waals surface area contributed by atoms with Crippen molar-refractivity contribution in [1.82, 2.24) is 0 Å². The molecule has 0 saturated carbocycles. The summed E-state index contributed by atoms with van der Waals surface area (Å²) in [6.07, 6.45) is -0.0177. The maximum Gasteiger partial charge on any atom is 0.265 e. The Kier molecular flexibility index (Phi) is 3.66. The number of halogens is 2. The molecule has 108 valence electrons. The van der Waals surface area contributed by atoms with E-state index in [-0.39, 0.29) is 5.91 Å². The van der Waals surface area contributed by atoms with Gasteiger partial charge in [-0.1, -0.05) is 41.4 Å². The molecule has 6 heteroatoms. The molecule has 3 N–H and O–H groups in total. The summed E-state index contributed by atoms with van der Waals surface area (Å²) in [5.74, 6) is 0.495. The minimum absolute atomic E-state index is 0.247. The zero-order chi connectivity index (χ0) is 15.0. The van der Waals surface area contributed by atoms with E-state index in [9.17, 15) is 4.79 Å². The normalized spacial score (nSPS) is 16.2. The predicted octanol–water partition coefficient (Wildman–Crippen LogP) is 3.52. The van der Waals surface area contributed by atoms with E-state index in [1.165, 1.54) is 0 Å². The number of ether oxygens (including phenoxy) is 1. The quantitative estimate of drug-likeness (QED) is 0.831. The fraction of sp³-hybridized carbons (Fsp3) is 0.133. The van der Waals surface area contributed by atoms with Gasteiger partial charge in [-0.3, -0.25) is 4.79 Å². The summed E-state index contributed by atoms with van der Waals surface area (Å²) in [7, 11) is 0. The SMILES string of the molecule is Nc1c(Cl)cc(NC(=O)C2Cc3ccccc3O2)cc1Cl. The van der Waals surface area contributed by atoms with E-state index in [2.05, 4.69) is 5.32 Å². The molecule has 1 amide bonds. The number of amides is 1. The molecule has 0 radical (unpaired) electrons. The van der Waals surface area contributed by atoms with Crippen molar-refractivity contribution in [3.05, 3.63) is 52.0 Å². The Bertz CT molecular complexity index is 671. The molecule has 3 rings (SSSR count). The van der Waals surface area contributed by atoms with Crippen molar-refractivity contribution in [3.8, 4) is 5.75 Å². The number of rotatable bonds is 2. The van der Waals surface area contributed by atoms with Gasteiger partial charge in [0.1, 0.15) is 5.75 Å². The smallest absolute Gasteiger partial charge is 0.265 e. The van der Waals surface area contributed by atoms with Gasteiger partial charge in [-0.15, -0.1) is 0 Å². The Labute approximate surface area is 131 Å². The average molecular weight is 323 g/mol. The number of fused-ring (bicyclic) bond motifs is 1. The number of nitrogens with two attached hydrogens (primary N) is 1. The van der Waals surface area contributed by atoms with Gasteiger partial charge in [0.05, 0.1) is 15.7 Å². The summed E-state index contributed by atoms with van der Waals surface area (Å²) in [5, 5.41) is 3.34. The van der Waals surface area contributed by atoms with Gasteiger partial charge in [0.25, 0.3) is 5.91 Å². The number of para-hydroxylation sites is 1. The lowest BCUT2D eigenvalue weighted by Crippen LogP contribution is -2.31. The van der Waals surface area contributed by atoms with E-state index in [0.717, 1.165) is 11.3 Å². The molecule has 0 spiro atoms. The topological polar surface area (TPSA) is 64.3 Å². The Morgan fingerprint density at radius 2 is 1.90 bits per heavy atom. The van der Waals surface area contributed by atoms with E-state index in [1.807, 2.05) is 24.3 Å². The van der Waals surface area contributed by atoms with Gasteiger partial charge in [0.15, 0.2) is 6.10 Å². The number of nitrogens with one attached hydrogen (secondary N) is 1. The van der Waals surface area contributed by atoms with Gasteiger partial charge in [-0.2, -0.15) is 0 Å². The second-order valence-corrected chi connectivity index (χ2v) is 5.58. The molecule has 0 saturated heterocycles. The zero-order valence-corrected chi connectivity index (χ0v) is 12.4. The van der Waals surface area contributed by atoms with Crippen LogP contribution in [-0.2, 0) is 11.2 Å². The summed E-state index contributed by atoms with van der Waals surface area (Å²) in [4.78, 5) is 12.2. The summed E-state index contributed by atoms with van der Waals surface area (Å²) in [6, 6.07) is 10.7. The van der Waals surface area contributed by atoms with Crippen LogP contribution in [0.25, 0.3) is 0 Å². The third kappa shape index (κ3) is 2.77. The highest BCUT2D eigenvalue weighted by molar-refractivity contribution is 6.39. The Morgan fingerprint density at radius 3 is 2.57 bits per heavy atom. The third-order valence-corrected chi connectivity index (χ3v) is 3.91. The highest BCUT2D eigenvalue weighted by Gasteiger charge is 2.28. The first-order valence-corrected chi connectivity index (χ1v) is 7.10. The second kappa shape index (κ2) is 5.47. The minimum atomic E-state index is -0.558. The van der Waals surface area contributed by atoms with Crippen LogP contribution in [0.2, 0.25) is 10.0 Å². The molecule has 1 unspecified atom stereocenters. The standard InChI is InChI=1S/C15H12Cl2N2O2/c16-10-6-9(7-11(17)14(10)18)19-15(20)13-5-8-3-1-2-4-12(8)21-13/h1-4,6-7,13H,5,18H2,(H,19,20). The lowest BCUT2D eigenvalue weighted by molar-refractivity contribution is -0.122. The van der Waals surface area contributed by atoms with E-state index in [0.29, 0.717) is 27.8 Å². The molecule has 1 atom stereocenters. The molecule has 0 fully saturated rings. The molecule has 0 bridgehead atoms. The van der Waals surface area contributed by atoms with E-state index < -0.39 is 6.10 Å². The first kappa shape index (κ1) is 14.0. The fourth-order valence-electron chi connectivity index (χ4n) is 2.21. The minimum Gasteiger partial charge on any atom is -0.480 e. The predicted molar refractivity (Wildman–Crippen MR) is 84.1 cm³/mol. The zero-order valence-electron chi connectivity index (χ0n) is 10.9. The maximum atomic E-state index is 12.2. The molecule has 4 nitrogen and oxygen atoms in total. The summed E-state index contributed by atoms with van der Waals surface area (Å²) >= 11 is 11.9. The fourth-order valence-corrected chi connectivity index (χ4v) is 2.69. The van der Waals surface area contributed by atoms with E-state index in [4.69, 9.17) is 33.7 Å². The van der Waals surface area contributed by atoms with E-state index in [1.54, 1.807) is 12.1 Å². The Hall–Kier alpha value is -1.91. The van der Waals surface area contributed by atoms with Crippen LogP contribution in [0.1, 0.15) is 5.56 Å². The van der Waals surface area contributed by atoms with Gasteiger partial charge < -0.3 is 15.8 Å². The lowest BCUT2D eigenvalue weighted by Gasteiger charge is -2.12. The molecular weight excluding hydrogens is 311 g/mol. The van der Waals surface area contributed by atoms with Crippen molar-refractivity contribution in [2.45, 2.75) is 12.5 Å². The molecule has 21 heavy (non-hydrogen) atoms. The monoisotopic (exact) mass is 322 g/mol.